The Morgan fingerprint density at radius 2 is 2.08 bits per heavy atom. The van der Waals surface area contributed by atoms with E-state index in [0.29, 0.717) is 22.9 Å². The second-order valence-electron chi connectivity index (χ2n) is 2.60. The van der Waals surface area contributed by atoms with Crippen molar-refractivity contribution in [2.75, 3.05) is 30.6 Å². The first-order valence-electron chi connectivity index (χ1n) is 3.64. The number of nitrogen functional groups attached to an aromatic ring is 2. The standard InChI is InChI=1S/C7H13N5O/c1-12(10)6-4(8)3-11-7(13-2)5(6)9/h3H,8-10H2,1-2H3. The zero-order chi connectivity index (χ0) is 10.0. The summed E-state index contributed by atoms with van der Waals surface area (Å²) < 4.78 is 4.92. The van der Waals surface area contributed by atoms with Crippen LogP contribution in [-0.2, 0) is 0 Å². The van der Waals surface area contributed by atoms with Gasteiger partial charge < -0.3 is 21.2 Å². The maximum atomic E-state index is 5.71. The molecule has 1 heterocycles. The van der Waals surface area contributed by atoms with Crippen LogP contribution in [0, 0.1) is 0 Å². The van der Waals surface area contributed by atoms with Crippen molar-refractivity contribution < 1.29 is 4.74 Å². The van der Waals surface area contributed by atoms with E-state index >= 15 is 0 Å². The van der Waals surface area contributed by atoms with Crippen LogP contribution in [0.25, 0.3) is 0 Å². The second kappa shape index (κ2) is 3.36. The number of anilines is 3. The summed E-state index contributed by atoms with van der Waals surface area (Å²) in [6, 6.07) is 0. The van der Waals surface area contributed by atoms with Crippen molar-refractivity contribution >= 4 is 17.1 Å². The number of hydrazine groups is 1. The van der Waals surface area contributed by atoms with E-state index in [1.54, 1.807) is 7.05 Å². The van der Waals surface area contributed by atoms with Gasteiger partial charge in [0.1, 0.15) is 11.4 Å². The van der Waals surface area contributed by atoms with Crippen molar-refractivity contribution in [2.24, 2.45) is 5.84 Å². The van der Waals surface area contributed by atoms with Crippen molar-refractivity contribution in [2.45, 2.75) is 0 Å². The summed E-state index contributed by atoms with van der Waals surface area (Å²) in [4.78, 5) is 3.88. The molecule has 0 atom stereocenters. The Hall–Kier alpha value is -1.69. The lowest BCUT2D eigenvalue weighted by Gasteiger charge is -2.17. The topological polar surface area (TPSA) is 103 Å². The highest BCUT2D eigenvalue weighted by Crippen LogP contribution is 2.33. The molecular weight excluding hydrogens is 170 g/mol. The van der Waals surface area contributed by atoms with Crippen LogP contribution in [-0.4, -0.2) is 19.1 Å². The summed E-state index contributed by atoms with van der Waals surface area (Å²) in [7, 11) is 3.12. The molecular formula is C7H13N5O. The van der Waals surface area contributed by atoms with Gasteiger partial charge in [0, 0.05) is 7.05 Å². The third-order valence-electron chi connectivity index (χ3n) is 1.63. The lowest BCUT2D eigenvalue weighted by Crippen LogP contribution is -2.27. The predicted octanol–water partition coefficient (Wildman–Crippen LogP) is -0.435. The van der Waals surface area contributed by atoms with E-state index in [1.165, 1.54) is 18.3 Å². The molecule has 0 unspecified atom stereocenters. The largest absolute Gasteiger partial charge is 0.479 e. The second-order valence-corrected chi connectivity index (χ2v) is 2.60. The van der Waals surface area contributed by atoms with E-state index in [0.717, 1.165) is 0 Å². The van der Waals surface area contributed by atoms with Crippen LogP contribution in [0.1, 0.15) is 0 Å². The highest BCUT2D eigenvalue weighted by atomic mass is 16.5. The third kappa shape index (κ3) is 1.57. The van der Waals surface area contributed by atoms with Crippen LogP contribution in [0.15, 0.2) is 6.20 Å². The first-order chi connectivity index (χ1) is 6.07. The van der Waals surface area contributed by atoms with Gasteiger partial charge in [0.15, 0.2) is 0 Å². The maximum Gasteiger partial charge on any atom is 0.239 e. The number of hydrogen-bond acceptors (Lipinski definition) is 6. The molecule has 6 nitrogen and oxygen atoms in total. The van der Waals surface area contributed by atoms with Crippen molar-refractivity contribution in [1.82, 2.24) is 4.98 Å². The van der Waals surface area contributed by atoms with Gasteiger partial charge in [-0.15, -0.1) is 0 Å². The SMILES string of the molecule is COc1ncc(N)c(N(C)N)c1N. The Bertz CT molecular complexity index is 312. The number of ether oxygens (including phenoxy) is 1. The van der Waals surface area contributed by atoms with Crippen molar-refractivity contribution in [1.29, 1.82) is 0 Å². The quantitative estimate of drug-likeness (QED) is 0.424. The zero-order valence-electron chi connectivity index (χ0n) is 7.61. The molecule has 0 aliphatic rings. The van der Waals surface area contributed by atoms with Crippen molar-refractivity contribution in [3.05, 3.63) is 6.20 Å². The molecule has 0 aromatic carbocycles. The molecule has 6 N–H and O–H groups in total. The summed E-state index contributed by atoms with van der Waals surface area (Å²) in [5.74, 6) is 5.85. The minimum Gasteiger partial charge on any atom is -0.479 e. The van der Waals surface area contributed by atoms with Crippen LogP contribution >= 0.6 is 0 Å². The fourth-order valence-electron chi connectivity index (χ4n) is 1.07. The maximum absolute atomic E-state index is 5.71. The molecule has 6 heteroatoms. The Morgan fingerprint density at radius 1 is 1.46 bits per heavy atom. The molecule has 1 aromatic heterocycles. The Balaban J connectivity index is 3.30. The van der Waals surface area contributed by atoms with Crippen LogP contribution in [0.4, 0.5) is 17.1 Å². The molecule has 0 saturated carbocycles. The summed E-state index contributed by atoms with van der Waals surface area (Å²) in [6.07, 6.45) is 1.45. The molecule has 0 bridgehead atoms. The van der Waals surface area contributed by atoms with E-state index in [-0.39, 0.29) is 0 Å². The van der Waals surface area contributed by atoms with Crippen molar-refractivity contribution in [3.8, 4) is 5.88 Å². The van der Waals surface area contributed by atoms with Crippen LogP contribution in [0.5, 0.6) is 5.88 Å². The molecule has 72 valence electrons. The monoisotopic (exact) mass is 183 g/mol. The highest BCUT2D eigenvalue weighted by molar-refractivity contribution is 5.82. The zero-order valence-corrected chi connectivity index (χ0v) is 7.61. The number of nitrogens with zero attached hydrogens (tertiary/aromatic N) is 2. The predicted molar refractivity (Wildman–Crippen MR) is 52.2 cm³/mol. The van der Waals surface area contributed by atoms with E-state index in [1.807, 2.05) is 0 Å². The van der Waals surface area contributed by atoms with Gasteiger partial charge in [-0.25, -0.2) is 10.8 Å². The first kappa shape index (κ1) is 9.40. The van der Waals surface area contributed by atoms with Gasteiger partial charge in [-0.1, -0.05) is 0 Å². The highest BCUT2D eigenvalue weighted by Gasteiger charge is 2.12. The number of hydrogen-bond donors (Lipinski definition) is 3. The van der Waals surface area contributed by atoms with Crippen LogP contribution < -0.4 is 27.1 Å². The Morgan fingerprint density at radius 3 is 2.54 bits per heavy atom. The molecule has 0 aliphatic carbocycles. The van der Waals surface area contributed by atoms with E-state index in [4.69, 9.17) is 22.0 Å². The molecule has 1 aromatic rings. The number of rotatable bonds is 2. The number of aromatic nitrogens is 1. The minimum absolute atomic E-state index is 0.321. The summed E-state index contributed by atoms with van der Waals surface area (Å²) >= 11 is 0. The van der Waals surface area contributed by atoms with Gasteiger partial charge in [-0.3, -0.25) is 0 Å². The third-order valence-corrected chi connectivity index (χ3v) is 1.63. The van der Waals surface area contributed by atoms with Gasteiger partial charge in [0.2, 0.25) is 5.88 Å². The van der Waals surface area contributed by atoms with Gasteiger partial charge in [0.25, 0.3) is 0 Å². The smallest absolute Gasteiger partial charge is 0.239 e. The molecule has 0 fully saturated rings. The van der Waals surface area contributed by atoms with Gasteiger partial charge in [-0.05, 0) is 0 Å². The van der Waals surface area contributed by atoms with Crippen molar-refractivity contribution in [3.63, 3.8) is 0 Å². The Kier molecular flexibility index (Phi) is 2.43. The molecule has 1 rings (SSSR count). The minimum atomic E-state index is 0.321. The lowest BCUT2D eigenvalue weighted by molar-refractivity contribution is 0.400. The molecule has 0 amide bonds. The fourth-order valence-corrected chi connectivity index (χ4v) is 1.07. The van der Waals surface area contributed by atoms with Crippen LogP contribution in [0.2, 0.25) is 0 Å². The molecule has 0 aliphatic heterocycles. The van der Waals surface area contributed by atoms with E-state index in [9.17, 15) is 0 Å². The van der Waals surface area contributed by atoms with E-state index < -0.39 is 0 Å². The number of pyridine rings is 1. The number of nitrogens with two attached hydrogens (primary N) is 3. The molecule has 0 radical (unpaired) electrons. The van der Waals surface area contributed by atoms with Gasteiger partial charge in [-0.2, -0.15) is 0 Å². The number of methoxy groups -OCH3 is 1. The average Bonchev–Trinajstić information content (AvgIpc) is 2.04. The van der Waals surface area contributed by atoms with Gasteiger partial charge >= 0.3 is 0 Å². The Labute approximate surface area is 76.2 Å². The molecule has 0 saturated heterocycles. The summed E-state index contributed by atoms with van der Waals surface area (Å²) in [5, 5.41) is 1.33. The first-order valence-corrected chi connectivity index (χ1v) is 3.64. The van der Waals surface area contributed by atoms with E-state index in [2.05, 4.69) is 4.98 Å². The van der Waals surface area contributed by atoms with Gasteiger partial charge in [0.05, 0.1) is 19.0 Å². The summed E-state index contributed by atoms with van der Waals surface area (Å²) in [5.41, 5.74) is 12.6. The fraction of sp³-hybridized carbons (Fsp3) is 0.286. The normalized spacial score (nSPS) is 9.77. The molecule has 13 heavy (non-hydrogen) atoms. The van der Waals surface area contributed by atoms with Crippen LogP contribution in [0.3, 0.4) is 0 Å². The lowest BCUT2D eigenvalue weighted by atomic mass is 10.3. The average molecular weight is 183 g/mol. The summed E-state index contributed by atoms with van der Waals surface area (Å²) in [6.45, 7) is 0. The molecule has 0 spiro atoms.